The summed E-state index contributed by atoms with van der Waals surface area (Å²) in [7, 11) is -3.91. The summed E-state index contributed by atoms with van der Waals surface area (Å²) in [6, 6.07) is 12.0. The molecule has 0 saturated heterocycles. The molecule has 2 aromatic carbocycles. The van der Waals surface area contributed by atoms with Gasteiger partial charge in [0.25, 0.3) is 10.1 Å². The number of rotatable bonds is 5. The average molecular weight is 360 g/mol. The van der Waals surface area contributed by atoms with E-state index in [1.54, 1.807) is 30.3 Å². The van der Waals surface area contributed by atoms with Crippen LogP contribution in [0.5, 0.6) is 0 Å². The van der Waals surface area contributed by atoms with Crippen LogP contribution in [0.4, 0.5) is 11.4 Å². The van der Waals surface area contributed by atoms with Crippen molar-refractivity contribution in [2.24, 2.45) is 5.41 Å². The lowest BCUT2D eigenvalue weighted by atomic mass is 9.99. The molecular weight excluding hydrogens is 336 g/mol. The minimum atomic E-state index is -3.91. The van der Waals surface area contributed by atoms with Crippen molar-refractivity contribution in [1.29, 1.82) is 0 Å². The lowest BCUT2D eigenvalue weighted by molar-refractivity contribution is 0.203. The lowest BCUT2D eigenvalue weighted by Crippen LogP contribution is -2.19. The molecule has 25 heavy (non-hydrogen) atoms. The van der Waals surface area contributed by atoms with Gasteiger partial charge in [-0.3, -0.25) is 4.18 Å². The van der Waals surface area contributed by atoms with Crippen LogP contribution in [0.2, 0.25) is 0 Å². The van der Waals surface area contributed by atoms with E-state index in [0.717, 1.165) is 5.56 Å². The van der Waals surface area contributed by atoms with Crippen LogP contribution >= 0.6 is 0 Å². The van der Waals surface area contributed by atoms with E-state index in [-0.39, 0.29) is 16.9 Å². The first kappa shape index (κ1) is 19.0. The van der Waals surface area contributed by atoms with Crippen molar-refractivity contribution in [2.45, 2.75) is 25.7 Å². The summed E-state index contributed by atoms with van der Waals surface area (Å²) in [6.45, 7) is 5.81. The summed E-state index contributed by atoms with van der Waals surface area (Å²) in [6.07, 6.45) is 3.53. The maximum absolute atomic E-state index is 12.6. The molecule has 2 rings (SSSR count). The molecule has 0 fully saturated rings. The van der Waals surface area contributed by atoms with E-state index in [0.29, 0.717) is 16.9 Å². The molecule has 0 aliphatic carbocycles. The lowest BCUT2D eigenvalue weighted by Gasteiger charge is -2.18. The molecule has 0 amide bonds. The van der Waals surface area contributed by atoms with Crippen LogP contribution in [0.15, 0.2) is 47.4 Å². The van der Waals surface area contributed by atoms with Crippen molar-refractivity contribution < 1.29 is 12.6 Å². The molecule has 0 radical (unpaired) electrons. The summed E-state index contributed by atoms with van der Waals surface area (Å²) < 4.78 is 30.4. The van der Waals surface area contributed by atoms with Gasteiger partial charge in [0.15, 0.2) is 0 Å². The Kier molecular flexibility index (Phi) is 5.55. The highest BCUT2D eigenvalue weighted by Crippen LogP contribution is 2.25. The van der Waals surface area contributed by atoms with Crippen LogP contribution < -0.4 is 11.5 Å². The molecular formula is C19H24N2O3S. The molecule has 0 heterocycles. The molecule has 0 bridgehead atoms. The van der Waals surface area contributed by atoms with Gasteiger partial charge in [-0.25, -0.2) is 0 Å². The van der Waals surface area contributed by atoms with E-state index in [1.165, 1.54) is 6.07 Å². The Morgan fingerprint density at radius 1 is 0.960 bits per heavy atom. The van der Waals surface area contributed by atoms with E-state index in [1.807, 2.05) is 39.0 Å². The van der Waals surface area contributed by atoms with E-state index < -0.39 is 10.1 Å². The summed E-state index contributed by atoms with van der Waals surface area (Å²) in [5, 5.41) is 0. The van der Waals surface area contributed by atoms with Crippen LogP contribution in [-0.2, 0) is 14.3 Å². The highest BCUT2D eigenvalue weighted by Gasteiger charge is 2.22. The number of benzene rings is 2. The molecule has 134 valence electrons. The maximum atomic E-state index is 12.6. The zero-order chi connectivity index (χ0) is 18.7. The van der Waals surface area contributed by atoms with Gasteiger partial charge in [-0.15, -0.1) is 0 Å². The molecule has 5 nitrogen and oxygen atoms in total. The van der Waals surface area contributed by atoms with Crippen molar-refractivity contribution in [2.75, 3.05) is 18.1 Å². The summed E-state index contributed by atoms with van der Waals surface area (Å²) in [5.41, 5.74) is 13.6. The third-order valence-electron chi connectivity index (χ3n) is 3.35. The topological polar surface area (TPSA) is 95.4 Å². The second-order valence-electron chi connectivity index (χ2n) is 7.07. The van der Waals surface area contributed by atoms with Gasteiger partial charge in [-0.2, -0.15) is 8.42 Å². The Balaban J connectivity index is 2.35. The molecule has 0 spiro atoms. The minimum Gasteiger partial charge on any atom is -0.399 e. The van der Waals surface area contributed by atoms with E-state index in [9.17, 15) is 8.42 Å². The SMILES string of the molecule is CC(C)(C)COS(=O)(=O)c1cc(N)ccc1C=Cc1ccc(N)cc1. The van der Waals surface area contributed by atoms with Crippen LogP contribution in [0.1, 0.15) is 31.9 Å². The average Bonchev–Trinajstić information content (AvgIpc) is 2.53. The Hall–Kier alpha value is -2.31. The second-order valence-corrected chi connectivity index (χ2v) is 8.66. The number of hydrogen-bond donors (Lipinski definition) is 2. The van der Waals surface area contributed by atoms with Crippen LogP contribution in [0.25, 0.3) is 12.2 Å². The highest BCUT2D eigenvalue weighted by atomic mass is 32.2. The molecule has 0 aliphatic heterocycles. The first-order chi connectivity index (χ1) is 11.6. The summed E-state index contributed by atoms with van der Waals surface area (Å²) >= 11 is 0. The van der Waals surface area contributed by atoms with Gasteiger partial charge < -0.3 is 11.5 Å². The van der Waals surface area contributed by atoms with Crippen LogP contribution in [0.3, 0.4) is 0 Å². The minimum absolute atomic E-state index is 0.0587. The maximum Gasteiger partial charge on any atom is 0.297 e. The van der Waals surface area contributed by atoms with Crippen molar-refractivity contribution in [1.82, 2.24) is 0 Å². The Morgan fingerprint density at radius 3 is 2.16 bits per heavy atom. The van der Waals surface area contributed by atoms with Crippen LogP contribution in [0, 0.1) is 5.41 Å². The fraction of sp³-hybridized carbons (Fsp3) is 0.263. The van der Waals surface area contributed by atoms with Gasteiger partial charge >= 0.3 is 0 Å². The molecule has 0 aromatic heterocycles. The van der Waals surface area contributed by atoms with Crippen molar-refractivity contribution in [3.63, 3.8) is 0 Å². The van der Waals surface area contributed by atoms with E-state index in [2.05, 4.69) is 0 Å². The number of nitrogen functional groups attached to an aromatic ring is 2. The Morgan fingerprint density at radius 2 is 1.56 bits per heavy atom. The quantitative estimate of drug-likeness (QED) is 0.481. The first-order valence-corrected chi connectivity index (χ1v) is 9.30. The predicted molar refractivity (Wildman–Crippen MR) is 103 cm³/mol. The summed E-state index contributed by atoms with van der Waals surface area (Å²) in [4.78, 5) is 0.0587. The largest absolute Gasteiger partial charge is 0.399 e. The first-order valence-electron chi connectivity index (χ1n) is 7.89. The molecule has 0 aliphatic rings. The van der Waals surface area contributed by atoms with Gasteiger partial charge in [0.1, 0.15) is 4.90 Å². The van der Waals surface area contributed by atoms with Gasteiger partial charge in [0, 0.05) is 11.4 Å². The molecule has 0 saturated carbocycles. The van der Waals surface area contributed by atoms with Crippen molar-refractivity contribution in [3.05, 3.63) is 53.6 Å². The normalized spacial score (nSPS) is 12.6. The number of hydrogen-bond acceptors (Lipinski definition) is 5. The molecule has 0 atom stereocenters. The monoisotopic (exact) mass is 360 g/mol. The molecule has 4 N–H and O–H groups in total. The highest BCUT2D eigenvalue weighted by molar-refractivity contribution is 7.86. The smallest absolute Gasteiger partial charge is 0.297 e. The number of nitrogens with two attached hydrogens (primary N) is 2. The zero-order valence-corrected chi connectivity index (χ0v) is 15.5. The van der Waals surface area contributed by atoms with Gasteiger partial charge in [0.2, 0.25) is 0 Å². The van der Waals surface area contributed by atoms with Gasteiger partial charge in [0.05, 0.1) is 6.61 Å². The zero-order valence-electron chi connectivity index (χ0n) is 14.7. The Labute approximate surface area is 149 Å². The molecule has 2 aromatic rings. The van der Waals surface area contributed by atoms with Crippen LogP contribution in [-0.4, -0.2) is 15.0 Å². The van der Waals surface area contributed by atoms with Gasteiger partial charge in [-0.1, -0.05) is 51.1 Å². The van der Waals surface area contributed by atoms with Crippen molar-refractivity contribution in [3.8, 4) is 0 Å². The van der Waals surface area contributed by atoms with E-state index in [4.69, 9.17) is 15.7 Å². The molecule has 0 unspecified atom stereocenters. The van der Waals surface area contributed by atoms with E-state index >= 15 is 0 Å². The van der Waals surface area contributed by atoms with Crippen molar-refractivity contribution >= 4 is 33.6 Å². The summed E-state index contributed by atoms with van der Waals surface area (Å²) in [5.74, 6) is 0. The standard InChI is InChI=1S/C19H24N2O3S/c1-19(2,3)13-24-25(22,23)18-12-17(21)11-8-15(18)7-4-14-5-9-16(20)10-6-14/h4-12H,13,20-21H2,1-3H3. The van der Waals surface area contributed by atoms with Gasteiger partial charge in [-0.05, 0) is 40.8 Å². The predicted octanol–water partition coefficient (Wildman–Crippen LogP) is 3.77. The fourth-order valence-electron chi connectivity index (χ4n) is 2.02. The third kappa shape index (κ3) is 5.62. The fourth-order valence-corrected chi connectivity index (χ4v) is 3.36. The Bertz CT molecular complexity index is 865. The number of anilines is 2. The second kappa shape index (κ2) is 7.29. The third-order valence-corrected chi connectivity index (χ3v) is 4.67. The molecule has 6 heteroatoms.